The van der Waals surface area contributed by atoms with Gasteiger partial charge in [0.2, 0.25) is 0 Å². The topological polar surface area (TPSA) is 18.5 Å². The quantitative estimate of drug-likeness (QED) is 0.829. The van der Waals surface area contributed by atoms with Crippen LogP contribution in [0.25, 0.3) is 0 Å². The Balaban J connectivity index is 1.85. The first kappa shape index (κ1) is 14.3. The Morgan fingerprint density at radius 1 is 1.06 bits per heavy atom. The van der Waals surface area contributed by atoms with E-state index in [0.29, 0.717) is 12.1 Å². The van der Waals surface area contributed by atoms with Crippen molar-refractivity contribution >= 4 is 0 Å². The first-order valence-corrected chi connectivity index (χ1v) is 7.91. The molecule has 18 heavy (non-hydrogen) atoms. The Labute approximate surface area is 113 Å². The zero-order chi connectivity index (χ0) is 13.0. The predicted octanol–water partition coefficient (Wildman–Crippen LogP) is 1.93. The Kier molecular flexibility index (Phi) is 5.46. The molecule has 106 valence electrons. The third kappa shape index (κ3) is 3.94. The maximum atomic E-state index is 3.64. The standard InChI is InChI=1S/C15H31N3/c1-4-8-17-9-5-6-15(7-10-17)18-11-13(2)16-14(3)12-18/h13-16H,4-12H2,1-3H3. The van der Waals surface area contributed by atoms with Crippen LogP contribution in [-0.4, -0.2) is 60.6 Å². The van der Waals surface area contributed by atoms with Crippen molar-refractivity contribution in [2.75, 3.05) is 32.7 Å². The van der Waals surface area contributed by atoms with Crippen LogP contribution < -0.4 is 5.32 Å². The van der Waals surface area contributed by atoms with Gasteiger partial charge in [-0.2, -0.15) is 0 Å². The van der Waals surface area contributed by atoms with E-state index in [-0.39, 0.29) is 0 Å². The molecule has 1 N–H and O–H groups in total. The summed E-state index contributed by atoms with van der Waals surface area (Å²) in [7, 11) is 0. The second-order valence-corrected chi connectivity index (χ2v) is 6.35. The molecule has 2 aliphatic rings. The van der Waals surface area contributed by atoms with Gasteiger partial charge in [-0.3, -0.25) is 4.90 Å². The molecule has 0 radical (unpaired) electrons. The van der Waals surface area contributed by atoms with Crippen LogP contribution in [0, 0.1) is 0 Å². The van der Waals surface area contributed by atoms with Crippen molar-refractivity contribution in [2.24, 2.45) is 0 Å². The van der Waals surface area contributed by atoms with Crippen LogP contribution in [0.2, 0.25) is 0 Å². The fourth-order valence-electron chi connectivity index (χ4n) is 3.71. The molecule has 0 aromatic carbocycles. The number of hydrogen-bond donors (Lipinski definition) is 1. The highest BCUT2D eigenvalue weighted by Gasteiger charge is 2.28. The summed E-state index contributed by atoms with van der Waals surface area (Å²) in [5.41, 5.74) is 0. The van der Waals surface area contributed by atoms with Crippen LogP contribution >= 0.6 is 0 Å². The normalized spacial score (nSPS) is 36.5. The lowest BCUT2D eigenvalue weighted by Crippen LogP contribution is -2.57. The molecule has 0 spiro atoms. The van der Waals surface area contributed by atoms with Crippen LogP contribution in [0.5, 0.6) is 0 Å². The number of hydrogen-bond acceptors (Lipinski definition) is 3. The van der Waals surface area contributed by atoms with Gasteiger partial charge in [0.15, 0.2) is 0 Å². The van der Waals surface area contributed by atoms with Crippen LogP contribution in [0.1, 0.15) is 46.5 Å². The smallest absolute Gasteiger partial charge is 0.0169 e. The molecule has 0 amide bonds. The van der Waals surface area contributed by atoms with Crippen molar-refractivity contribution in [3.8, 4) is 0 Å². The minimum atomic E-state index is 0.656. The van der Waals surface area contributed by atoms with Gasteiger partial charge >= 0.3 is 0 Å². The predicted molar refractivity (Wildman–Crippen MR) is 78.0 cm³/mol. The molecule has 2 fully saturated rings. The second-order valence-electron chi connectivity index (χ2n) is 6.35. The van der Waals surface area contributed by atoms with Gasteiger partial charge in [0.05, 0.1) is 0 Å². The molecular formula is C15H31N3. The first-order valence-electron chi connectivity index (χ1n) is 7.91. The Morgan fingerprint density at radius 2 is 1.78 bits per heavy atom. The summed E-state index contributed by atoms with van der Waals surface area (Å²) in [6, 6.07) is 2.14. The van der Waals surface area contributed by atoms with Crippen LogP contribution in [0.4, 0.5) is 0 Å². The summed E-state index contributed by atoms with van der Waals surface area (Å²) in [5.74, 6) is 0. The Bertz CT molecular complexity index is 234. The summed E-state index contributed by atoms with van der Waals surface area (Å²) >= 11 is 0. The molecule has 2 heterocycles. The monoisotopic (exact) mass is 253 g/mol. The fraction of sp³-hybridized carbons (Fsp3) is 1.00. The van der Waals surface area contributed by atoms with Gasteiger partial charge in [0.1, 0.15) is 0 Å². The number of rotatable bonds is 3. The highest BCUT2D eigenvalue weighted by Crippen LogP contribution is 2.19. The molecule has 3 atom stereocenters. The molecule has 3 heteroatoms. The van der Waals surface area contributed by atoms with Crippen LogP contribution in [-0.2, 0) is 0 Å². The first-order chi connectivity index (χ1) is 8.69. The van der Waals surface area contributed by atoms with Crippen molar-refractivity contribution < 1.29 is 0 Å². The second kappa shape index (κ2) is 6.88. The molecule has 3 nitrogen and oxygen atoms in total. The Morgan fingerprint density at radius 3 is 2.44 bits per heavy atom. The number of piperazine rings is 1. The molecule has 0 aromatic heterocycles. The molecule has 2 saturated heterocycles. The van der Waals surface area contributed by atoms with E-state index in [0.717, 1.165) is 6.04 Å². The van der Waals surface area contributed by atoms with Gasteiger partial charge in [-0.05, 0) is 59.2 Å². The maximum Gasteiger partial charge on any atom is 0.0169 e. The molecular weight excluding hydrogens is 222 g/mol. The van der Waals surface area contributed by atoms with Gasteiger partial charge in [-0.15, -0.1) is 0 Å². The molecule has 2 rings (SSSR count). The lowest BCUT2D eigenvalue weighted by Gasteiger charge is -2.40. The van der Waals surface area contributed by atoms with E-state index >= 15 is 0 Å². The minimum Gasteiger partial charge on any atom is -0.309 e. The van der Waals surface area contributed by atoms with E-state index in [4.69, 9.17) is 0 Å². The fourth-order valence-corrected chi connectivity index (χ4v) is 3.71. The summed E-state index contributed by atoms with van der Waals surface area (Å²) < 4.78 is 0. The zero-order valence-electron chi connectivity index (χ0n) is 12.5. The Hall–Kier alpha value is -0.120. The number of likely N-dealkylation sites (tertiary alicyclic amines) is 1. The summed E-state index contributed by atoms with van der Waals surface area (Å²) in [6.45, 7) is 13.3. The zero-order valence-corrected chi connectivity index (χ0v) is 12.5. The van der Waals surface area contributed by atoms with E-state index < -0.39 is 0 Å². The number of nitrogens with zero attached hydrogens (tertiary/aromatic N) is 2. The van der Waals surface area contributed by atoms with Gasteiger partial charge in [0.25, 0.3) is 0 Å². The van der Waals surface area contributed by atoms with E-state index in [1.807, 2.05) is 0 Å². The third-order valence-electron chi connectivity index (χ3n) is 4.43. The van der Waals surface area contributed by atoms with Gasteiger partial charge < -0.3 is 10.2 Å². The molecule has 3 unspecified atom stereocenters. The molecule has 0 aromatic rings. The van der Waals surface area contributed by atoms with E-state index in [1.54, 1.807) is 0 Å². The van der Waals surface area contributed by atoms with Crippen LogP contribution in [0.3, 0.4) is 0 Å². The van der Waals surface area contributed by atoms with Crippen molar-refractivity contribution in [1.29, 1.82) is 0 Å². The van der Waals surface area contributed by atoms with Gasteiger partial charge in [-0.25, -0.2) is 0 Å². The maximum absolute atomic E-state index is 3.64. The lowest BCUT2D eigenvalue weighted by atomic mass is 10.0. The number of nitrogens with one attached hydrogen (secondary N) is 1. The van der Waals surface area contributed by atoms with Crippen molar-refractivity contribution in [3.05, 3.63) is 0 Å². The molecule has 0 aliphatic carbocycles. The average Bonchev–Trinajstić information content (AvgIpc) is 2.54. The van der Waals surface area contributed by atoms with E-state index in [2.05, 4.69) is 35.9 Å². The highest BCUT2D eigenvalue weighted by atomic mass is 15.2. The SMILES string of the molecule is CCCN1CCCC(N2CC(C)NC(C)C2)CC1. The van der Waals surface area contributed by atoms with E-state index in [9.17, 15) is 0 Å². The minimum absolute atomic E-state index is 0.656. The van der Waals surface area contributed by atoms with Crippen molar-refractivity contribution in [3.63, 3.8) is 0 Å². The summed E-state index contributed by atoms with van der Waals surface area (Å²) in [5, 5.41) is 3.64. The van der Waals surface area contributed by atoms with Gasteiger partial charge in [-0.1, -0.05) is 6.92 Å². The van der Waals surface area contributed by atoms with Crippen LogP contribution in [0.15, 0.2) is 0 Å². The third-order valence-corrected chi connectivity index (χ3v) is 4.43. The average molecular weight is 253 g/mol. The highest BCUT2D eigenvalue weighted by molar-refractivity contribution is 4.86. The van der Waals surface area contributed by atoms with Crippen molar-refractivity contribution in [1.82, 2.24) is 15.1 Å². The molecule has 0 saturated carbocycles. The summed E-state index contributed by atoms with van der Waals surface area (Å²) in [6.07, 6.45) is 5.46. The lowest BCUT2D eigenvalue weighted by molar-refractivity contribution is 0.112. The van der Waals surface area contributed by atoms with Crippen molar-refractivity contribution in [2.45, 2.75) is 64.6 Å². The van der Waals surface area contributed by atoms with E-state index in [1.165, 1.54) is 58.4 Å². The summed E-state index contributed by atoms with van der Waals surface area (Å²) in [4.78, 5) is 5.41. The molecule has 2 aliphatic heterocycles. The van der Waals surface area contributed by atoms with Gasteiger partial charge in [0, 0.05) is 31.2 Å². The molecule has 0 bridgehead atoms. The largest absolute Gasteiger partial charge is 0.309 e.